The van der Waals surface area contributed by atoms with Gasteiger partial charge in [-0.2, -0.15) is 5.10 Å². The van der Waals surface area contributed by atoms with E-state index < -0.39 is 18.1 Å². The standard InChI is InChI=1S/C20H17ClFN7O2/c21-15-3-2-12(22)8-14(15)18-23-5-1-6-28(18)17-4-7-29-19(26-17)16(9-24-29)25-20(31)27-10-13(30)11-27/h1-9,13,18,30H,10-11H2,(H,25,31)/t18-/m1/s1. The lowest BCUT2D eigenvalue weighted by molar-refractivity contribution is 0.0309. The summed E-state index contributed by atoms with van der Waals surface area (Å²) in [6, 6.07) is 5.54. The fourth-order valence-electron chi connectivity index (χ4n) is 3.47. The second-order valence-electron chi connectivity index (χ2n) is 7.19. The molecule has 0 spiro atoms. The molecule has 11 heteroatoms. The van der Waals surface area contributed by atoms with Crippen LogP contribution in [0.4, 0.5) is 20.7 Å². The summed E-state index contributed by atoms with van der Waals surface area (Å²) in [4.78, 5) is 24.7. The Morgan fingerprint density at radius 2 is 2.13 bits per heavy atom. The number of fused-ring (bicyclic) bond motifs is 1. The third-order valence-electron chi connectivity index (χ3n) is 5.07. The van der Waals surface area contributed by atoms with Gasteiger partial charge in [-0.15, -0.1) is 0 Å². The maximum absolute atomic E-state index is 13.9. The van der Waals surface area contributed by atoms with Gasteiger partial charge in [0.15, 0.2) is 11.8 Å². The summed E-state index contributed by atoms with van der Waals surface area (Å²) in [6.45, 7) is 0.576. The average molecular weight is 442 g/mol. The van der Waals surface area contributed by atoms with Gasteiger partial charge >= 0.3 is 6.03 Å². The lowest BCUT2D eigenvalue weighted by Gasteiger charge is -2.35. The molecule has 4 heterocycles. The number of nitrogens with one attached hydrogen (secondary N) is 1. The highest BCUT2D eigenvalue weighted by atomic mass is 35.5. The Hall–Kier alpha value is -3.50. The Bertz CT molecular complexity index is 1220. The SMILES string of the molecule is O=C(Nc1cnn2ccc(N3C=CC=N[C@H]3c3cc(F)ccc3Cl)nc12)N1CC(O)C1. The van der Waals surface area contributed by atoms with Crippen LogP contribution in [0.2, 0.25) is 5.02 Å². The van der Waals surface area contributed by atoms with E-state index in [-0.39, 0.29) is 19.1 Å². The van der Waals surface area contributed by atoms with Gasteiger partial charge < -0.3 is 20.2 Å². The molecule has 0 bridgehead atoms. The monoisotopic (exact) mass is 441 g/mol. The third-order valence-corrected chi connectivity index (χ3v) is 5.41. The first-order chi connectivity index (χ1) is 15.0. The molecule has 2 aliphatic rings. The normalized spacial score (nSPS) is 18.5. The van der Waals surface area contributed by atoms with Crippen molar-refractivity contribution in [2.75, 3.05) is 23.3 Å². The van der Waals surface area contributed by atoms with E-state index in [1.165, 1.54) is 33.8 Å². The number of rotatable bonds is 3. The van der Waals surface area contributed by atoms with Gasteiger partial charge in [0, 0.05) is 29.2 Å². The van der Waals surface area contributed by atoms with Crippen LogP contribution in [-0.2, 0) is 0 Å². The van der Waals surface area contributed by atoms with Gasteiger partial charge in [-0.1, -0.05) is 11.6 Å². The van der Waals surface area contributed by atoms with Gasteiger partial charge in [0.05, 0.1) is 25.4 Å². The molecule has 0 aliphatic carbocycles. The van der Waals surface area contributed by atoms with Crippen molar-refractivity contribution in [1.82, 2.24) is 19.5 Å². The summed E-state index contributed by atoms with van der Waals surface area (Å²) in [5.41, 5.74) is 1.36. The predicted octanol–water partition coefficient (Wildman–Crippen LogP) is 2.83. The fourth-order valence-corrected chi connectivity index (χ4v) is 3.68. The number of benzene rings is 1. The van der Waals surface area contributed by atoms with Gasteiger partial charge in [0.2, 0.25) is 0 Å². The van der Waals surface area contributed by atoms with Crippen molar-refractivity contribution in [3.63, 3.8) is 0 Å². The number of anilines is 2. The number of amides is 2. The number of hydrogen-bond acceptors (Lipinski definition) is 6. The Morgan fingerprint density at radius 1 is 1.29 bits per heavy atom. The third kappa shape index (κ3) is 3.60. The second kappa shape index (κ2) is 7.64. The second-order valence-corrected chi connectivity index (χ2v) is 7.59. The minimum atomic E-state index is -0.605. The summed E-state index contributed by atoms with van der Waals surface area (Å²) in [5.74, 6) is 0.103. The number of aliphatic hydroxyl groups excluding tert-OH is 1. The Morgan fingerprint density at radius 3 is 2.94 bits per heavy atom. The number of nitrogens with zero attached hydrogens (tertiary/aromatic N) is 6. The highest BCUT2D eigenvalue weighted by Gasteiger charge is 2.29. The van der Waals surface area contributed by atoms with Crippen molar-refractivity contribution in [3.8, 4) is 0 Å². The number of urea groups is 1. The molecule has 2 aliphatic heterocycles. The van der Waals surface area contributed by atoms with Crippen LogP contribution in [0.25, 0.3) is 5.65 Å². The molecule has 2 amide bonds. The number of aliphatic imine (C=N–C) groups is 1. The molecule has 1 saturated heterocycles. The van der Waals surface area contributed by atoms with Gasteiger partial charge in [0.1, 0.15) is 17.3 Å². The molecule has 1 aromatic carbocycles. The van der Waals surface area contributed by atoms with E-state index in [4.69, 9.17) is 11.6 Å². The van der Waals surface area contributed by atoms with E-state index in [1.807, 2.05) is 0 Å². The van der Waals surface area contributed by atoms with Crippen LogP contribution >= 0.6 is 11.6 Å². The minimum absolute atomic E-state index is 0.288. The van der Waals surface area contributed by atoms with E-state index in [1.54, 1.807) is 35.7 Å². The van der Waals surface area contributed by atoms with E-state index in [0.717, 1.165) is 0 Å². The smallest absolute Gasteiger partial charge is 0.322 e. The quantitative estimate of drug-likeness (QED) is 0.651. The average Bonchev–Trinajstić information content (AvgIpc) is 3.15. The lowest BCUT2D eigenvalue weighted by Crippen LogP contribution is -2.54. The van der Waals surface area contributed by atoms with Crippen molar-refractivity contribution in [2.24, 2.45) is 4.99 Å². The van der Waals surface area contributed by atoms with Crippen molar-refractivity contribution < 1.29 is 14.3 Å². The molecule has 9 nitrogen and oxygen atoms in total. The highest BCUT2D eigenvalue weighted by molar-refractivity contribution is 6.31. The Balaban J connectivity index is 1.47. The van der Waals surface area contributed by atoms with Crippen LogP contribution in [0.3, 0.4) is 0 Å². The zero-order chi connectivity index (χ0) is 21.5. The van der Waals surface area contributed by atoms with E-state index >= 15 is 0 Å². The molecular weight excluding hydrogens is 425 g/mol. The number of carbonyl (C=O) groups excluding carboxylic acids is 1. The molecule has 2 N–H and O–H groups in total. The Kier molecular flexibility index (Phi) is 4.79. The molecule has 1 atom stereocenters. The predicted molar refractivity (Wildman–Crippen MR) is 114 cm³/mol. The van der Waals surface area contributed by atoms with Crippen LogP contribution in [-0.4, -0.2) is 56.0 Å². The van der Waals surface area contributed by atoms with Crippen LogP contribution in [0.1, 0.15) is 11.7 Å². The zero-order valence-electron chi connectivity index (χ0n) is 16.1. The summed E-state index contributed by atoms with van der Waals surface area (Å²) < 4.78 is 15.4. The largest absolute Gasteiger partial charge is 0.389 e. The summed E-state index contributed by atoms with van der Waals surface area (Å²) in [7, 11) is 0. The molecule has 0 unspecified atom stereocenters. The van der Waals surface area contributed by atoms with Crippen molar-refractivity contribution in [1.29, 1.82) is 0 Å². The maximum atomic E-state index is 13.9. The summed E-state index contributed by atoms with van der Waals surface area (Å²) in [5, 5.41) is 16.8. The number of carbonyl (C=O) groups is 1. The van der Waals surface area contributed by atoms with Gasteiger partial charge in [0.25, 0.3) is 0 Å². The molecule has 2 aromatic heterocycles. The molecule has 3 aromatic rings. The van der Waals surface area contributed by atoms with E-state index in [9.17, 15) is 14.3 Å². The number of likely N-dealkylation sites (tertiary alicyclic amines) is 1. The van der Waals surface area contributed by atoms with Crippen LogP contribution < -0.4 is 10.2 Å². The number of aromatic nitrogens is 3. The van der Waals surface area contributed by atoms with Crippen LogP contribution in [0.15, 0.2) is 53.9 Å². The Labute approximate surface area is 181 Å². The maximum Gasteiger partial charge on any atom is 0.322 e. The molecule has 0 radical (unpaired) electrons. The van der Waals surface area contributed by atoms with Crippen molar-refractivity contribution in [3.05, 3.63) is 65.3 Å². The van der Waals surface area contributed by atoms with Gasteiger partial charge in [-0.25, -0.2) is 18.7 Å². The number of allylic oxidation sites excluding steroid dienone is 1. The number of hydrogen-bond donors (Lipinski definition) is 2. The number of halogens is 2. The first-order valence-electron chi connectivity index (χ1n) is 9.51. The lowest BCUT2D eigenvalue weighted by atomic mass is 10.1. The number of aliphatic hydroxyl groups is 1. The van der Waals surface area contributed by atoms with Gasteiger partial charge in [-0.3, -0.25) is 4.99 Å². The van der Waals surface area contributed by atoms with E-state index in [0.29, 0.717) is 27.7 Å². The topological polar surface area (TPSA) is 98.4 Å². The molecule has 5 rings (SSSR count). The van der Waals surface area contributed by atoms with Crippen LogP contribution in [0, 0.1) is 5.82 Å². The molecule has 0 saturated carbocycles. The molecular formula is C20H17ClFN7O2. The summed E-state index contributed by atoms with van der Waals surface area (Å²) in [6.07, 6.45) is 7.25. The molecule has 1 fully saturated rings. The minimum Gasteiger partial charge on any atom is -0.389 e. The fraction of sp³-hybridized carbons (Fsp3) is 0.200. The van der Waals surface area contributed by atoms with Gasteiger partial charge in [-0.05, 0) is 30.3 Å². The zero-order valence-corrected chi connectivity index (χ0v) is 16.8. The molecule has 158 valence electrons. The van der Waals surface area contributed by atoms with Crippen molar-refractivity contribution >= 4 is 41.0 Å². The van der Waals surface area contributed by atoms with Crippen LogP contribution in [0.5, 0.6) is 0 Å². The first-order valence-corrected chi connectivity index (χ1v) is 9.89. The summed E-state index contributed by atoms with van der Waals surface area (Å²) >= 11 is 6.31. The first kappa shape index (κ1) is 19.5. The van der Waals surface area contributed by atoms with Crippen molar-refractivity contribution in [2.45, 2.75) is 12.3 Å². The highest BCUT2D eigenvalue weighted by Crippen LogP contribution is 2.34. The van der Waals surface area contributed by atoms with E-state index in [2.05, 4.69) is 20.4 Å². The number of β-amino-alcohol motifs (C(OH)–C–C–N with tert-alkyl or cyclic N) is 1. The molecule has 31 heavy (non-hydrogen) atoms.